The van der Waals surface area contributed by atoms with Gasteiger partial charge in [0.1, 0.15) is 5.58 Å². The van der Waals surface area contributed by atoms with E-state index in [1.807, 2.05) is 12.3 Å². The highest BCUT2D eigenvalue weighted by atomic mass is 16.3. The standard InChI is InChI=1S/C50H35NO/c1-2-14-44(47-34-52-50-33-41-20-9-8-19-40(41)32-46(47)50)45-22-11-13-24-49(45)51(42-30-29-36-17-6-7-18-39(36)31-42)48-23-12-10-21-43(48)38-27-25-37(26-28-38)35-15-4-3-5-16-35/h2-34H,1H2/b44-14-. The first-order chi connectivity index (χ1) is 25.7. The number of furan rings is 1. The molecular weight excluding hydrogens is 631 g/mol. The minimum Gasteiger partial charge on any atom is -0.464 e. The zero-order valence-electron chi connectivity index (χ0n) is 28.6. The lowest BCUT2D eigenvalue weighted by atomic mass is 9.93. The summed E-state index contributed by atoms with van der Waals surface area (Å²) >= 11 is 0. The maximum atomic E-state index is 6.25. The molecule has 0 saturated carbocycles. The van der Waals surface area contributed by atoms with Crippen molar-refractivity contribution in [3.63, 3.8) is 0 Å². The van der Waals surface area contributed by atoms with Crippen LogP contribution in [0.5, 0.6) is 0 Å². The van der Waals surface area contributed by atoms with E-state index in [1.165, 1.54) is 27.3 Å². The van der Waals surface area contributed by atoms with E-state index >= 15 is 0 Å². The molecule has 1 heterocycles. The van der Waals surface area contributed by atoms with Gasteiger partial charge >= 0.3 is 0 Å². The smallest absolute Gasteiger partial charge is 0.135 e. The molecule has 9 aromatic rings. The molecule has 0 spiro atoms. The molecule has 0 radical (unpaired) electrons. The van der Waals surface area contributed by atoms with Gasteiger partial charge in [-0.3, -0.25) is 0 Å². The van der Waals surface area contributed by atoms with E-state index in [1.54, 1.807) is 0 Å². The number of hydrogen-bond acceptors (Lipinski definition) is 2. The van der Waals surface area contributed by atoms with Gasteiger partial charge in [0.15, 0.2) is 0 Å². The van der Waals surface area contributed by atoms with Gasteiger partial charge in [0.25, 0.3) is 0 Å². The summed E-state index contributed by atoms with van der Waals surface area (Å²) in [5.41, 5.74) is 11.9. The SMILES string of the molecule is C=C/C=C(/c1ccccc1N(c1ccc2ccccc2c1)c1ccccc1-c1ccc(-c2ccccc2)cc1)c1coc2cc3ccccc3cc12. The molecule has 0 fully saturated rings. The molecular formula is C50H35NO. The van der Waals surface area contributed by atoms with Crippen LogP contribution in [-0.4, -0.2) is 0 Å². The average molecular weight is 666 g/mol. The molecule has 0 amide bonds. The Labute approximate surface area is 303 Å². The minimum atomic E-state index is 0.858. The Bertz CT molecular complexity index is 2750. The highest BCUT2D eigenvalue weighted by molar-refractivity contribution is 6.05. The van der Waals surface area contributed by atoms with E-state index in [4.69, 9.17) is 4.42 Å². The van der Waals surface area contributed by atoms with Gasteiger partial charge in [0.05, 0.1) is 17.6 Å². The Morgan fingerprint density at radius 3 is 1.85 bits per heavy atom. The largest absolute Gasteiger partial charge is 0.464 e. The van der Waals surface area contributed by atoms with Crippen LogP contribution in [0.4, 0.5) is 17.1 Å². The van der Waals surface area contributed by atoms with Crippen molar-refractivity contribution in [3.05, 3.63) is 218 Å². The normalized spacial score (nSPS) is 11.7. The fourth-order valence-corrected chi connectivity index (χ4v) is 7.37. The molecule has 0 bridgehead atoms. The molecule has 246 valence electrons. The molecule has 0 aliphatic rings. The van der Waals surface area contributed by atoms with Gasteiger partial charge in [0.2, 0.25) is 0 Å². The van der Waals surface area contributed by atoms with Crippen molar-refractivity contribution in [2.45, 2.75) is 0 Å². The molecule has 0 unspecified atom stereocenters. The zero-order valence-corrected chi connectivity index (χ0v) is 28.6. The Morgan fingerprint density at radius 1 is 0.481 bits per heavy atom. The van der Waals surface area contributed by atoms with Crippen LogP contribution in [0.2, 0.25) is 0 Å². The number of anilines is 3. The van der Waals surface area contributed by atoms with Crippen LogP contribution < -0.4 is 4.90 Å². The summed E-state index contributed by atoms with van der Waals surface area (Å²) in [5, 5.41) is 5.78. The van der Waals surface area contributed by atoms with Gasteiger partial charge in [-0.1, -0.05) is 164 Å². The molecule has 0 aliphatic carbocycles. The van der Waals surface area contributed by atoms with Crippen LogP contribution in [0.25, 0.3) is 60.3 Å². The molecule has 2 nitrogen and oxygen atoms in total. The molecule has 0 atom stereocenters. The summed E-state index contributed by atoms with van der Waals surface area (Å²) in [6.07, 6.45) is 5.86. The van der Waals surface area contributed by atoms with Crippen LogP contribution >= 0.6 is 0 Å². The molecule has 52 heavy (non-hydrogen) atoms. The van der Waals surface area contributed by atoms with Crippen LogP contribution in [0, 0.1) is 0 Å². The van der Waals surface area contributed by atoms with Crippen molar-refractivity contribution in [2.75, 3.05) is 4.90 Å². The number of allylic oxidation sites excluding steroid dienone is 2. The summed E-state index contributed by atoms with van der Waals surface area (Å²) in [4.78, 5) is 2.40. The van der Waals surface area contributed by atoms with Crippen molar-refractivity contribution >= 4 is 55.1 Å². The van der Waals surface area contributed by atoms with Crippen molar-refractivity contribution < 1.29 is 4.42 Å². The molecule has 0 N–H and O–H groups in total. The zero-order chi connectivity index (χ0) is 34.9. The highest BCUT2D eigenvalue weighted by Gasteiger charge is 2.23. The third-order valence-electron chi connectivity index (χ3n) is 9.89. The van der Waals surface area contributed by atoms with Gasteiger partial charge in [-0.15, -0.1) is 0 Å². The minimum absolute atomic E-state index is 0.858. The fraction of sp³-hybridized carbons (Fsp3) is 0. The number of para-hydroxylation sites is 2. The van der Waals surface area contributed by atoms with Crippen LogP contribution in [-0.2, 0) is 0 Å². The van der Waals surface area contributed by atoms with E-state index in [2.05, 4.69) is 200 Å². The second-order valence-corrected chi connectivity index (χ2v) is 13.0. The first-order valence-corrected chi connectivity index (χ1v) is 17.6. The van der Waals surface area contributed by atoms with E-state index in [-0.39, 0.29) is 0 Å². The first kappa shape index (κ1) is 31.1. The predicted molar refractivity (Wildman–Crippen MR) is 220 cm³/mol. The van der Waals surface area contributed by atoms with Gasteiger partial charge < -0.3 is 9.32 Å². The molecule has 0 aliphatic heterocycles. The van der Waals surface area contributed by atoms with Crippen molar-refractivity contribution in [1.82, 2.24) is 0 Å². The van der Waals surface area contributed by atoms with Crippen molar-refractivity contribution in [2.24, 2.45) is 0 Å². The number of rotatable bonds is 8. The van der Waals surface area contributed by atoms with Crippen LogP contribution in [0.3, 0.4) is 0 Å². The van der Waals surface area contributed by atoms with Crippen LogP contribution in [0.1, 0.15) is 11.1 Å². The summed E-state index contributed by atoms with van der Waals surface area (Å²) in [6.45, 7) is 4.15. The number of fused-ring (bicyclic) bond motifs is 3. The lowest BCUT2D eigenvalue weighted by Gasteiger charge is -2.30. The maximum absolute atomic E-state index is 6.25. The molecule has 0 saturated heterocycles. The second kappa shape index (κ2) is 13.4. The molecule has 1 aromatic heterocycles. The molecule has 9 rings (SSSR count). The van der Waals surface area contributed by atoms with Crippen molar-refractivity contribution in [3.8, 4) is 22.3 Å². The number of nitrogens with zero attached hydrogens (tertiary/aromatic N) is 1. The Kier molecular flexibility index (Phi) is 8.03. The van der Waals surface area contributed by atoms with E-state index in [9.17, 15) is 0 Å². The molecule has 2 heteroatoms. The van der Waals surface area contributed by atoms with Gasteiger partial charge in [-0.05, 0) is 80.2 Å². The van der Waals surface area contributed by atoms with Gasteiger partial charge in [0, 0.05) is 27.8 Å². The third kappa shape index (κ3) is 5.67. The van der Waals surface area contributed by atoms with Crippen LogP contribution in [0.15, 0.2) is 211 Å². The lowest BCUT2D eigenvalue weighted by Crippen LogP contribution is -2.13. The third-order valence-corrected chi connectivity index (χ3v) is 9.89. The van der Waals surface area contributed by atoms with Crippen molar-refractivity contribution in [1.29, 1.82) is 0 Å². The summed E-state index contributed by atoms with van der Waals surface area (Å²) < 4.78 is 6.25. The highest BCUT2D eigenvalue weighted by Crippen LogP contribution is 2.46. The van der Waals surface area contributed by atoms with E-state index in [0.29, 0.717) is 0 Å². The Hall–Kier alpha value is -6.90. The second-order valence-electron chi connectivity index (χ2n) is 13.0. The summed E-state index contributed by atoms with van der Waals surface area (Å²) in [5.74, 6) is 0. The van der Waals surface area contributed by atoms with Gasteiger partial charge in [-0.25, -0.2) is 0 Å². The Balaban J connectivity index is 1.25. The fourth-order valence-electron chi connectivity index (χ4n) is 7.37. The number of benzene rings is 8. The predicted octanol–water partition coefficient (Wildman–Crippen LogP) is 14.2. The Morgan fingerprint density at radius 2 is 1.08 bits per heavy atom. The summed E-state index contributed by atoms with van der Waals surface area (Å²) in [7, 11) is 0. The first-order valence-electron chi connectivity index (χ1n) is 17.6. The van der Waals surface area contributed by atoms with E-state index in [0.717, 1.165) is 61.2 Å². The quantitative estimate of drug-likeness (QED) is 0.150. The monoisotopic (exact) mass is 665 g/mol. The summed E-state index contributed by atoms with van der Waals surface area (Å²) in [6, 6.07) is 64.8. The topological polar surface area (TPSA) is 16.4 Å². The average Bonchev–Trinajstić information content (AvgIpc) is 3.62. The lowest BCUT2D eigenvalue weighted by molar-refractivity contribution is 0.615. The number of hydrogen-bond donors (Lipinski definition) is 0. The maximum Gasteiger partial charge on any atom is 0.135 e. The van der Waals surface area contributed by atoms with E-state index < -0.39 is 0 Å². The molecule has 8 aromatic carbocycles. The van der Waals surface area contributed by atoms with Gasteiger partial charge in [-0.2, -0.15) is 0 Å².